The first-order valence-corrected chi connectivity index (χ1v) is 14.1. The highest BCUT2D eigenvalue weighted by atomic mass is 79.9. The molecule has 2 bridgehead atoms. The van der Waals surface area contributed by atoms with Crippen LogP contribution in [0.15, 0.2) is 48.5 Å². The second-order valence-corrected chi connectivity index (χ2v) is 12.7. The van der Waals surface area contributed by atoms with Crippen LogP contribution < -0.4 is 10.6 Å². The summed E-state index contributed by atoms with van der Waals surface area (Å²) < 4.78 is -0.761. The zero-order chi connectivity index (χ0) is 25.6. The summed E-state index contributed by atoms with van der Waals surface area (Å²) in [5.74, 6) is -1.96. The van der Waals surface area contributed by atoms with Crippen LogP contribution in [-0.2, 0) is 14.4 Å². The van der Waals surface area contributed by atoms with E-state index in [1.807, 2.05) is 49.4 Å². The van der Waals surface area contributed by atoms with Crippen molar-refractivity contribution >= 4 is 68.4 Å². The maximum Gasteiger partial charge on any atom is 0.248 e. The number of nitrogens with one attached hydrogen (secondary N) is 2. The molecule has 5 rings (SSSR count). The largest absolute Gasteiger partial charge is 0.396 e. The van der Waals surface area contributed by atoms with Gasteiger partial charge in [-0.15, -0.1) is 11.8 Å². The molecule has 0 radical (unpaired) electrons. The highest BCUT2D eigenvalue weighted by molar-refractivity contribution is 9.09. The number of carbonyl (C=O) groups excluding carboxylic acids is 3. The van der Waals surface area contributed by atoms with Crippen LogP contribution in [0, 0.1) is 18.8 Å². The maximum absolute atomic E-state index is 13.9. The topological polar surface area (TPSA) is 98.7 Å². The van der Waals surface area contributed by atoms with Crippen LogP contribution in [-0.4, -0.2) is 61.7 Å². The number of hydrogen-bond donors (Lipinski definition) is 3. The van der Waals surface area contributed by atoms with E-state index in [1.54, 1.807) is 22.7 Å². The molecule has 7 nitrogen and oxygen atoms in total. The van der Waals surface area contributed by atoms with Crippen LogP contribution in [0.4, 0.5) is 11.4 Å². The van der Waals surface area contributed by atoms with E-state index in [0.29, 0.717) is 29.2 Å². The number of fused-ring (bicyclic) bond motifs is 1. The third-order valence-electron chi connectivity index (χ3n) is 7.41. The number of carbonyl (C=O) groups is 3. The third-order valence-corrected chi connectivity index (χ3v) is 10.9. The minimum atomic E-state index is -0.790. The van der Waals surface area contributed by atoms with Crippen molar-refractivity contribution in [1.82, 2.24) is 4.90 Å². The number of hydrogen-bond acceptors (Lipinski definition) is 5. The number of aryl methyl sites for hydroxylation is 1. The lowest BCUT2D eigenvalue weighted by Gasteiger charge is -2.35. The quantitative estimate of drug-likeness (QED) is 0.421. The Morgan fingerprint density at radius 1 is 1.17 bits per heavy atom. The van der Waals surface area contributed by atoms with Crippen molar-refractivity contribution in [1.29, 1.82) is 0 Å². The number of amides is 3. The van der Waals surface area contributed by atoms with E-state index in [4.69, 9.17) is 11.6 Å². The van der Waals surface area contributed by atoms with Gasteiger partial charge < -0.3 is 20.6 Å². The second kappa shape index (κ2) is 10.0. The van der Waals surface area contributed by atoms with E-state index >= 15 is 0 Å². The maximum atomic E-state index is 13.9. The van der Waals surface area contributed by atoms with Crippen molar-refractivity contribution in [3.63, 3.8) is 0 Å². The Kier molecular flexibility index (Phi) is 7.11. The minimum Gasteiger partial charge on any atom is -0.396 e. The molecule has 3 saturated heterocycles. The number of para-hydroxylation sites is 2. The minimum absolute atomic E-state index is 0.0202. The molecule has 0 aromatic heterocycles. The van der Waals surface area contributed by atoms with Gasteiger partial charge in [0.15, 0.2) is 0 Å². The zero-order valence-corrected chi connectivity index (χ0v) is 22.8. The number of alkyl halides is 1. The first-order chi connectivity index (χ1) is 17.3. The molecule has 36 heavy (non-hydrogen) atoms. The highest BCUT2D eigenvalue weighted by Gasteiger charge is 2.75. The highest BCUT2D eigenvalue weighted by Crippen LogP contribution is 2.67. The monoisotopic (exact) mass is 591 g/mol. The van der Waals surface area contributed by atoms with E-state index in [-0.39, 0.29) is 41.0 Å². The van der Waals surface area contributed by atoms with E-state index in [0.717, 1.165) is 5.56 Å². The summed E-state index contributed by atoms with van der Waals surface area (Å²) in [4.78, 5) is 42.9. The number of aliphatic hydroxyl groups excluding tert-OH is 1. The van der Waals surface area contributed by atoms with Crippen LogP contribution in [0.25, 0.3) is 0 Å². The number of anilines is 2. The molecule has 190 valence electrons. The number of thioether (sulfide) groups is 1. The molecule has 0 aliphatic carbocycles. The van der Waals surface area contributed by atoms with Gasteiger partial charge in [0.25, 0.3) is 0 Å². The van der Waals surface area contributed by atoms with E-state index in [1.165, 1.54) is 0 Å². The molecule has 2 aromatic rings. The number of likely N-dealkylation sites (tertiary alicyclic amines) is 1. The first kappa shape index (κ1) is 25.6. The SMILES string of the molecule is Cc1cccc(Cl)c1NC(=O)C1N(CCCO)C(=O)[C@@H]2[C@H](C(=O)Nc3ccccc3)[C@H]3SC12CC3Br. The van der Waals surface area contributed by atoms with Gasteiger partial charge in [-0.05, 0) is 43.5 Å². The molecule has 3 aliphatic rings. The summed E-state index contributed by atoms with van der Waals surface area (Å²) in [5.41, 5.74) is 2.00. The molecule has 2 aromatic carbocycles. The smallest absolute Gasteiger partial charge is 0.248 e. The van der Waals surface area contributed by atoms with Gasteiger partial charge in [0.2, 0.25) is 17.7 Å². The lowest BCUT2D eigenvalue weighted by atomic mass is 9.70. The second-order valence-electron chi connectivity index (χ2n) is 9.55. The fourth-order valence-electron chi connectivity index (χ4n) is 5.94. The van der Waals surface area contributed by atoms with Gasteiger partial charge in [0.05, 0.1) is 27.3 Å². The normalized spacial score (nSPS) is 30.4. The fourth-order valence-corrected chi connectivity index (χ4v) is 9.82. The summed E-state index contributed by atoms with van der Waals surface area (Å²) in [6.45, 7) is 1.99. The van der Waals surface area contributed by atoms with Gasteiger partial charge in [0.1, 0.15) is 6.04 Å². The van der Waals surface area contributed by atoms with Crippen LogP contribution in [0.1, 0.15) is 18.4 Å². The van der Waals surface area contributed by atoms with Crippen molar-refractivity contribution in [2.24, 2.45) is 11.8 Å². The molecule has 3 N–H and O–H groups in total. The first-order valence-electron chi connectivity index (χ1n) is 11.9. The van der Waals surface area contributed by atoms with Crippen LogP contribution in [0.5, 0.6) is 0 Å². The van der Waals surface area contributed by atoms with Crippen LogP contribution >= 0.6 is 39.3 Å². The third kappa shape index (κ3) is 4.14. The Hall–Kier alpha value is -2.07. The standard InChI is InChI=1S/C26H27BrClN3O4S/c1-14-7-5-10-17(28)20(14)30-24(34)22-26-13-16(27)21(36-26)18(19(26)25(35)31(22)11-6-12-32)23(33)29-15-8-3-2-4-9-15/h2-5,7-10,16,18-19,21-22,32H,6,11-13H2,1H3,(H,29,33)(H,30,34)/t16?,18-,19-,21-,22?,26?/m0/s1. The number of benzene rings is 2. The predicted molar refractivity (Wildman–Crippen MR) is 146 cm³/mol. The Morgan fingerprint density at radius 2 is 1.92 bits per heavy atom. The number of halogens is 2. The Labute approximate surface area is 227 Å². The van der Waals surface area contributed by atoms with Crippen LogP contribution in [0.3, 0.4) is 0 Å². The number of aliphatic hydroxyl groups is 1. The Morgan fingerprint density at radius 3 is 2.61 bits per heavy atom. The van der Waals surface area contributed by atoms with E-state index in [2.05, 4.69) is 26.6 Å². The summed E-state index contributed by atoms with van der Waals surface area (Å²) >= 11 is 11.7. The van der Waals surface area contributed by atoms with Crippen molar-refractivity contribution in [3.8, 4) is 0 Å². The molecule has 3 amide bonds. The molecule has 3 heterocycles. The molecule has 3 fully saturated rings. The molecular weight excluding hydrogens is 566 g/mol. The van der Waals surface area contributed by atoms with Gasteiger partial charge in [0, 0.05) is 28.9 Å². The van der Waals surface area contributed by atoms with Gasteiger partial charge in [-0.3, -0.25) is 14.4 Å². The van der Waals surface area contributed by atoms with Gasteiger partial charge >= 0.3 is 0 Å². The summed E-state index contributed by atoms with van der Waals surface area (Å²) in [6, 6.07) is 13.8. The molecule has 3 unspecified atom stereocenters. The van der Waals surface area contributed by atoms with Gasteiger partial charge in [-0.25, -0.2) is 0 Å². The molecular formula is C26H27BrClN3O4S. The zero-order valence-electron chi connectivity index (χ0n) is 19.6. The Balaban J connectivity index is 1.50. The van der Waals surface area contributed by atoms with Crippen LogP contribution in [0.2, 0.25) is 5.02 Å². The van der Waals surface area contributed by atoms with E-state index in [9.17, 15) is 19.5 Å². The average Bonchev–Trinajstić information content (AvgIpc) is 3.44. The van der Waals surface area contributed by atoms with Gasteiger partial charge in [-0.2, -0.15) is 0 Å². The lowest BCUT2D eigenvalue weighted by molar-refractivity contribution is -0.138. The fraction of sp³-hybridized carbons (Fsp3) is 0.423. The molecule has 1 spiro atoms. The molecule has 6 atom stereocenters. The summed E-state index contributed by atoms with van der Waals surface area (Å²) in [6.07, 6.45) is 0.930. The molecule has 3 aliphatic heterocycles. The predicted octanol–water partition coefficient (Wildman–Crippen LogP) is 4.07. The van der Waals surface area contributed by atoms with Crippen molar-refractivity contribution < 1.29 is 19.5 Å². The van der Waals surface area contributed by atoms with Crippen molar-refractivity contribution in [2.75, 3.05) is 23.8 Å². The molecule has 10 heteroatoms. The molecule has 0 saturated carbocycles. The van der Waals surface area contributed by atoms with E-state index < -0.39 is 22.6 Å². The number of nitrogens with zero attached hydrogens (tertiary/aromatic N) is 1. The van der Waals surface area contributed by atoms with Crippen molar-refractivity contribution in [3.05, 3.63) is 59.1 Å². The lowest BCUT2D eigenvalue weighted by Crippen LogP contribution is -2.53. The van der Waals surface area contributed by atoms with Gasteiger partial charge in [-0.1, -0.05) is 57.9 Å². The average molecular weight is 593 g/mol. The number of rotatable bonds is 7. The van der Waals surface area contributed by atoms with Crippen molar-refractivity contribution in [2.45, 2.75) is 40.6 Å². The summed E-state index contributed by atoms with van der Waals surface area (Å²) in [5, 5.41) is 15.7. The summed E-state index contributed by atoms with van der Waals surface area (Å²) in [7, 11) is 0. The Bertz CT molecular complexity index is 1180.